The van der Waals surface area contributed by atoms with Crippen molar-refractivity contribution >= 4 is 31.9 Å². The molecule has 0 saturated carbocycles. The van der Waals surface area contributed by atoms with Crippen molar-refractivity contribution in [2.24, 2.45) is 0 Å². The first kappa shape index (κ1) is 12.8. The summed E-state index contributed by atoms with van der Waals surface area (Å²) in [6.45, 7) is 2.83. The van der Waals surface area contributed by atoms with E-state index in [-0.39, 0.29) is 4.83 Å². The molecule has 2 aliphatic heterocycles. The molecule has 1 unspecified atom stereocenters. The maximum absolute atomic E-state index is 5.90. The maximum atomic E-state index is 5.90. The van der Waals surface area contributed by atoms with Gasteiger partial charge in [0.25, 0.3) is 0 Å². The summed E-state index contributed by atoms with van der Waals surface area (Å²) in [5.74, 6) is 1.72. The van der Waals surface area contributed by atoms with Gasteiger partial charge in [-0.3, -0.25) is 0 Å². The first-order valence-electron chi connectivity index (χ1n) is 6.10. The van der Waals surface area contributed by atoms with E-state index in [9.17, 15) is 0 Å². The van der Waals surface area contributed by atoms with E-state index in [1.807, 2.05) is 6.07 Å². The van der Waals surface area contributed by atoms with Crippen molar-refractivity contribution in [2.45, 2.75) is 17.7 Å². The predicted octanol–water partition coefficient (Wildman–Crippen LogP) is 3.62. The molecule has 0 bridgehead atoms. The number of benzene rings is 1. The molecule has 0 radical (unpaired) electrons. The average Bonchev–Trinajstić information content (AvgIpc) is 2.68. The minimum atomic E-state index is 0.156. The van der Waals surface area contributed by atoms with Crippen molar-refractivity contribution in [3.63, 3.8) is 0 Å². The number of ether oxygens (including phenoxy) is 3. The molecular formula is C13H14Br2O3. The minimum absolute atomic E-state index is 0.156. The molecule has 3 rings (SSSR count). The van der Waals surface area contributed by atoms with Crippen molar-refractivity contribution < 1.29 is 14.2 Å². The smallest absolute Gasteiger partial charge is 0.165 e. The zero-order valence-electron chi connectivity index (χ0n) is 9.88. The number of alkyl halides is 1. The standard InChI is InChI=1S/C13H14Br2O3/c14-9-6-11-13(18-4-1-3-17-11)12-8(9)2-5-16-7-10(12)15/h6,10H,1-5,7H2. The van der Waals surface area contributed by atoms with Gasteiger partial charge in [-0.05, 0) is 18.1 Å². The molecule has 5 heteroatoms. The van der Waals surface area contributed by atoms with Crippen LogP contribution in [0.2, 0.25) is 0 Å². The molecule has 0 saturated heterocycles. The summed E-state index contributed by atoms with van der Waals surface area (Å²) in [7, 11) is 0. The Morgan fingerprint density at radius 3 is 2.89 bits per heavy atom. The average molecular weight is 378 g/mol. The zero-order valence-corrected chi connectivity index (χ0v) is 13.1. The summed E-state index contributed by atoms with van der Waals surface area (Å²) in [5, 5.41) is 0. The van der Waals surface area contributed by atoms with Crippen LogP contribution in [0, 0.1) is 0 Å². The molecule has 98 valence electrons. The largest absolute Gasteiger partial charge is 0.490 e. The van der Waals surface area contributed by atoms with Gasteiger partial charge < -0.3 is 14.2 Å². The summed E-state index contributed by atoms with van der Waals surface area (Å²) in [6, 6.07) is 2.02. The second-order valence-corrected chi connectivity index (χ2v) is 6.38. The van der Waals surface area contributed by atoms with E-state index in [1.165, 1.54) is 11.1 Å². The van der Waals surface area contributed by atoms with Crippen molar-refractivity contribution in [2.75, 3.05) is 26.4 Å². The van der Waals surface area contributed by atoms with Gasteiger partial charge in [-0.1, -0.05) is 31.9 Å². The van der Waals surface area contributed by atoms with Gasteiger partial charge in [-0.15, -0.1) is 0 Å². The van der Waals surface area contributed by atoms with Crippen molar-refractivity contribution in [3.05, 3.63) is 21.7 Å². The van der Waals surface area contributed by atoms with Crippen LogP contribution in [0.1, 0.15) is 22.4 Å². The Morgan fingerprint density at radius 2 is 2.00 bits per heavy atom. The van der Waals surface area contributed by atoms with Gasteiger partial charge in [0, 0.05) is 16.5 Å². The van der Waals surface area contributed by atoms with Crippen LogP contribution < -0.4 is 9.47 Å². The minimum Gasteiger partial charge on any atom is -0.490 e. The van der Waals surface area contributed by atoms with Crippen LogP contribution in [0.3, 0.4) is 0 Å². The van der Waals surface area contributed by atoms with Gasteiger partial charge in [0.2, 0.25) is 0 Å². The Balaban J connectivity index is 2.17. The monoisotopic (exact) mass is 376 g/mol. The van der Waals surface area contributed by atoms with E-state index in [0.29, 0.717) is 19.8 Å². The number of hydrogen-bond donors (Lipinski definition) is 0. The maximum Gasteiger partial charge on any atom is 0.165 e. The van der Waals surface area contributed by atoms with Crippen LogP contribution in [0.15, 0.2) is 10.5 Å². The lowest BCUT2D eigenvalue weighted by Crippen LogP contribution is -2.04. The van der Waals surface area contributed by atoms with Gasteiger partial charge in [0.05, 0.1) is 31.3 Å². The fourth-order valence-corrected chi connectivity index (χ4v) is 3.66. The third-order valence-corrected chi connectivity index (χ3v) is 4.64. The lowest BCUT2D eigenvalue weighted by molar-refractivity contribution is 0.145. The number of halogens is 2. The Bertz CT molecular complexity index is 462. The van der Waals surface area contributed by atoms with E-state index in [2.05, 4.69) is 31.9 Å². The van der Waals surface area contributed by atoms with Gasteiger partial charge in [0.1, 0.15) is 0 Å². The van der Waals surface area contributed by atoms with Gasteiger partial charge in [-0.25, -0.2) is 0 Å². The molecule has 0 aromatic heterocycles. The topological polar surface area (TPSA) is 27.7 Å². The Kier molecular flexibility index (Phi) is 3.82. The van der Waals surface area contributed by atoms with E-state index in [4.69, 9.17) is 14.2 Å². The van der Waals surface area contributed by atoms with Crippen LogP contribution in [-0.2, 0) is 11.2 Å². The molecule has 1 atom stereocenters. The summed E-state index contributed by atoms with van der Waals surface area (Å²) in [5.41, 5.74) is 2.44. The fraction of sp³-hybridized carbons (Fsp3) is 0.538. The van der Waals surface area contributed by atoms with Crippen LogP contribution in [0.4, 0.5) is 0 Å². The van der Waals surface area contributed by atoms with Gasteiger partial charge in [0.15, 0.2) is 11.5 Å². The molecule has 1 aromatic carbocycles. The normalized spacial score (nSPS) is 22.9. The van der Waals surface area contributed by atoms with Crippen molar-refractivity contribution in [3.8, 4) is 11.5 Å². The number of hydrogen-bond acceptors (Lipinski definition) is 3. The van der Waals surface area contributed by atoms with Crippen LogP contribution in [0.5, 0.6) is 11.5 Å². The molecule has 1 aromatic rings. The summed E-state index contributed by atoms with van der Waals surface area (Å²) < 4.78 is 18.3. The quantitative estimate of drug-likeness (QED) is 0.646. The van der Waals surface area contributed by atoms with Crippen LogP contribution in [0.25, 0.3) is 0 Å². The van der Waals surface area contributed by atoms with E-state index >= 15 is 0 Å². The number of fused-ring (bicyclic) bond motifs is 3. The number of rotatable bonds is 0. The fourth-order valence-electron chi connectivity index (χ4n) is 2.37. The molecule has 18 heavy (non-hydrogen) atoms. The lowest BCUT2D eigenvalue weighted by atomic mass is 10.0. The molecule has 0 spiro atoms. The van der Waals surface area contributed by atoms with E-state index < -0.39 is 0 Å². The predicted molar refractivity (Wildman–Crippen MR) is 75.9 cm³/mol. The SMILES string of the molecule is Brc1cc2c(c3c1CCOCC3Br)OCCCO2. The van der Waals surface area contributed by atoms with Gasteiger partial charge in [-0.2, -0.15) is 0 Å². The Labute approximate surface area is 123 Å². The second kappa shape index (κ2) is 5.39. The highest BCUT2D eigenvalue weighted by atomic mass is 79.9. The zero-order chi connectivity index (χ0) is 12.5. The molecule has 0 amide bonds. The second-order valence-electron chi connectivity index (χ2n) is 4.42. The molecule has 3 nitrogen and oxygen atoms in total. The molecule has 2 aliphatic rings. The molecule has 0 aliphatic carbocycles. The van der Waals surface area contributed by atoms with Crippen molar-refractivity contribution in [1.82, 2.24) is 0 Å². The highest BCUT2D eigenvalue weighted by Crippen LogP contribution is 2.46. The first-order valence-corrected chi connectivity index (χ1v) is 7.81. The Hall–Kier alpha value is -0.260. The molecular weight excluding hydrogens is 364 g/mol. The summed E-state index contributed by atoms with van der Waals surface area (Å²) in [6.07, 6.45) is 1.82. The summed E-state index contributed by atoms with van der Waals surface area (Å²) >= 11 is 7.33. The van der Waals surface area contributed by atoms with Crippen LogP contribution in [-0.4, -0.2) is 26.4 Å². The van der Waals surface area contributed by atoms with E-state index in [1.54, 1.807) is 0 Å². The molecule has 2 heterocycles. The molecule has 0 fully saturated rings. The summed E-state index contributed by atoms with van der Waals surface area (Å²) in [4.78, 5) is 0.156. The highest BCUT2D eigenvalue weighted by Gasteiger charge is 2.27. The lowest BCUT2D eigenvalue weighted by Gasteiger charge is -2.19. The third kappa shape index (κ3) is 2.28. The molecule has 0 N–H and O–H groups in total. The van der Waals surface area contributed by atoms with Gasteiger partial charge >= 0.3 is 0 Å². The highest BCUT2D eigenvalue weighted by molar-refractivity contribution is 9.10. The van der Waals surface area contributed by atoms with Crippen molar-refractivity contribution in [1.29, 1.82) is 0 Å². The third-order valence-electron chi connectivity index (χ3n) is 3.21. The van der Waals surface area contributed by atoms with E-state index in [0.717, 1.165) is 35.4 Å². The Morgan fingerprint density at radius 1 is 1.17 bits per heavy atom. The first-order chi connectivity index (χ1) is 8.77. The van der Waals surface area contributed by atoms with Crippen LogP contribution >= 0.6 is 31.9 Å².